The third kappa shape index (κ3) is 4.58. The molecule has 1 saturated heterocycles. The Hall–Kier alpha value is -1.85. The first-order valence-electron chi connectivity index (χ1n) is 7.74. The van der Waals surface area contributed by atoms with E-state index in [1.54, 1.807) is 4.90 Å². The van der Waals surface area contributed by atoms with Gasteiger partial charge in [0.15, 0.2) is 5.82 Å². The molecule has 6 nitrogen and oxygen atoms in total. The minimum Gasteiger partial charge on any atom is -0.444 e. The van der Waals surface area contributed by atoms with Crippen LogP contribution in [-0.4, -0.2) is 53.5 Å². The summed E-state index contributed by atoms with van der Waals surface area (Å²) in [5.41, 5.74) is 0.470. The number of hydrogen-bond acceptors (Lipinski definition) is 5. The van der Waals surface area contributed by atoms with Gasteiger partial charge in [0.25, 0.3) is 0 Å². The summed E-state index contributed by atoms with van der Waals surface area (Å²) in [6, 6.07) is 3.93. The summed E-state index contributed by atoms with van der Waals surface area (Å²) in [6.07, 6.45) is 0.774. The molecule has 0 bridgehead atoms. The number of carbonyl (C=O) groups is 1. The Bertz CT molecular complexity index is 510. The highest BCUT2D eigenvalue weighted by Crippen LogP contribution is 2.21. The zero-order chi connectivity index (χ0) is 16.3. The van der Waals surface area contributed by atoms with Gasteiger partial charge in [-0.2, -0.15) is 5.10 Å². The molecular formula is C16H26N4O2. The van der Waals surface area contributed by atoms with Crippen molar-refractivity contribution in [1.82, 2.24) is 15.1 Å². The molecule has 1 unspecified atom stereocenters. The van der Waals surface area contributed by atoms with Crippen molar-refractivity contribution in [3.05, 3.63) is 17.8 Å². The van der Waals surface area contributed by atoms with E-state index in [1.807, 2.05) is 46.9 Å². The van der Waals surface area contributed by atoms with Crippen LogP contribution in [0, 0.1) is 12.8 Å². The molecule has 0 N–H and O–H groups in total. The number of rotatable bonds is 3. The molecule has 22 heavy (non-hydrogen) atoms. The van der Waals surface area contributed by atoms with Gasteiger partial charge in [0.05, 0.1) is 5.69 Å². The van der Waals surface area contributed by atoms with E-state index < -0.39 is 5.60 Å². The van der Waals surface area contributed by atoms with Crippen LogP contribution < -0.4 is 4.90 Å². The van der Waals surface area contributed by atoms with E-state index in [1.165, 1.54) is 0 Å². The van der Waals surface area contributed by atoms with Crippen LogP contribution in [0.3, 0.4) is 0 Å². The molecule has 1 aliphatic heterocycles. The monoisotopic (exact) mass is 306 g/mol. The molecule has 1 atom stereocenters. The number of aromatic nitrogens is 2. The maximum atomic E-state index is 12.1. The van der Waals surface area contributed by atoms with Gasteiger partial charge in [0, 0.05) is 26.7 Å². The SMILES string of the molecule is Cc1ccc(N(C)CC2CCN(C(=O)OC(C)(C)C)C2)nn1. The molecule has 0 aliphatic carbocycles. The maximum Gasteiger partial charge on any atom is 0.410 e. The van der Waals surface area contributed by atoms with Crippen LogP contribution in [-0.2, 0) is 4.74 Å². The predicted molar refractivity (Wildman–Crippen MR) is 86.0 cm³/mol. The molecule has 1 aliphatic rings. The zero-order valence-electron chi connectivity index (χ0n) is 14.2. The van der Waals surface area contributed by atoms with Gasteiger partial charge in [0.2, 0.25) is 0 Å². The third-order valence-electron chi connectivity index (χ3n) is 3.64. The Morgan fingerprint density at radius 1 is 1.41 bits per heavy atom. The molecule has 1 amide bonds. The quantitative estimate of drug-likeness (QED) is 0.858. The maximum absolute atomic E-state index is 12.1. The Morgan fingerprint density at radius 2 is 2.14 bits per heavy atom. The summed E-state index contributed by atoms with van der Waals surface area (Å²) in [5.74, 6) is 1.29. The standard InChI is InChI=1S/C16H26N4O2/c1-12-6-7-14(18-17-12)19(5)10-13-8-9-20(11-13)15(21)22-16(2,3)4/h6-7,13H,8-11H2,1-5H3. The van der Waals surface area contributed by atoms with Gasteiger partial charge in [-0.1, -0.05) is 0 Å². The first kappa shape index (κ1) is 16.5. The number of anilines is 1. The topological polar surface area (TPSA) is 58.6 Å². The number of likely N-dealkylation sites (tertiary alicyclic amines) is 1. The fraction of sp³-hybridized carbons (Fsp3) is 0.688. The van der Waals surface area contributed by atoms with Gasteiger partial charge >= 0.3 is 6.09 Å². The highest BCUT2D eigenvalue weighted by Gasteiger charge is 2.30. The summed E-state index contributed by atoms with van der Waals surface area (Å²) in [5, 5.41) is 8.28. The molecule has 2 rings (SSSR count). The number of nitrogens with zero attached hydrogens (tertiary/aromatic N) is 4. The second-order valence-electron chi connectivity index (χ2n) is 6.99. The number of amides is 1. The largest absolute Gasteiger partial charge is 0.444 e. The lowest BCUT2D eigenvalue weighted by atomic mass is 10.1. The molecule has 0 aromatic carbocycles. The molecule has 1 aromatic heterocycles. The average Bonchev–Trinajstić information content (AvgIpc) is 2.86. The average molecular weight is 306 g/mol. The second kappa shape index (κ2) is 6.50. The Kier molecular flexibility index (Phi) is 4.88. The third-order valence-corrected chi connectivity index (χ3v) is 3.64. The molecule has 0 saturated carbocycles. The summed E-state index contributed by atoms with van der Waals surface area (Å²) in [6.45, 7) is 9.95. The van der Waals surface area contributed by atoms with Crippen LogP contribution in [0.1, 0.15) is 32.9 Å². The van der Waals surface area contributed by atoms with Crippen molar-refractivity contribution in [1.29, 1.82) is 0 Å². The van der Waals surface area contributed by atoms with Crippen molar-refractivity contribution in [3.63, 3.8) is 0 Å². The first-order chi connectivity index (χ1) is 10.2. The molecular weight excluding hydrogens is 280 g/mol. The smallest absolute Gasteiger partial charge is 0.410 e. The van der Waals surface area contributed by atoms with Crippen LogP contribution in [0.4, 0.5) is 10.6 Å². The van der Waals surface area contributed by atoms with Crippen molar-refractivity contribution < 1.29 is 9.53 Å². The predicted octanol–water partition coefficient (Wildman–Crippen LogP) is 2.48. The van der Waals surface area contributed by atoms with Gasteiger partial charge < -0.3 is 14.5 Å². The lowest BCUT2D eigenvalue weighted by Crippen LogP contribution is -2.36. The van der Waals surface area contributed by atoms with Gasteiger partial charge in [-0.25, -0.2) is 4.79 Å². The summed E-state index contributed by atoms with van der Waals surface area (Å²) >= 11 is 0. The first-order valence-corrected chi connectivity index (χ1v) is 7.74. The molecule has 1 fully saturated rings. The number of carbonyl (C=O) groups excluding carboxylic acids is 1. The van der Waals surface area contributed by atoms with Gasteiger partial charge in [-0.05, 0) is 52.2 Å². The van der Waals surface area contributed by atoms with Crippen molar-refractivity contribution in [2.45, 2.75) is 39.7 Å². The summed E-state index contributed by atoms with van der Waals surface area (Å²) < 4.78 is 5.42. The number of ether oxygens (including phenoxy) is 1. The molecule has 122 valence electrons. The van der Waals surface area contributed by atoms with E-state index in [4.69, 9.17) is 4.74 Å². The fourth-order valence-electron chi connectivity index (χ4n) is 2.55. The van der Waals surface area contributed by atoms with E-state index >= 15 is 0 Å². The minimum absolute atomic E-state index is 0.215. The van der Waals surface area contributed by atoms with E-state index in [0.29, 0.717) is 5.92 Å². The molecule has 1 aromatic rings. The Labute approximate surface area is 132 Å². The fourth-order valence-corrected chi connectivity index (χ4v) is 2.55. The summed E-state index contributed by atoms with van der Waals surface area (Å²) in [7, 11) is 2.01. The van der Waals surface area contributed by atoms with Crippen LogP contribution >= 0.6 is 0 Å². The molecule has 0 radical (unpaired) electrons. The van der Waals surface area contributed by atoms with Crippen LogP contribution in [0.2, 0.25) is 0 Å². The van der Waals surface area contributed by atoms with Crippen LogP contribution in [0.5, 0.6) is 0 Å². The van der Waals surface area contributed by atoms with Gasteiger partial charge in [-0.3, -0.25) is 0 Å². The summed E-state index contributed by atoms with van der Waals surface area (Å²) in [4.78, 5) is 16.0. The number of aryl methyl sites for hydroxylation is 1. The Balaban J connectivity index is 1.85. The van der Waals surface area contributed by atoms with E-state index in [0.717, 1.165) is 37.6 Å². The molecule has 0 spiro atoms. The zero-order valence-corrected chi connectivity index (χ0v) is 14.2. The van der Waals surface area contributed by atoms with E-state index in [-0.39, 0.29) is 6.09 Å². The Morgan fingerprint density at radius 3 is 2.73 bits per heavy atom. The number of hydrogen-bond donors (Lipinski definition) is 0. The minimum atomic E-state index is -0.441. The lowest BCUT2D eigenvalue weighted by molar-refractivity contribution is 0.0288. The van der Waals surface area contributed by atoms with Crippen molar-refractivity contribution in [2.75, 3.05) is 31.6 Å². The van der Waals surface area contributed by atoms with Crippen molar-refractivity contribution in [2.24, 2.45) is 5.92 Å². The highest BCUT2D eigenvalue weighted by molar-refractivity contribution is 5.68. The van der Waals surface area contributed by atoms with E-state index in [2.05, 4.69) is 15.1 Å². The van der Waals surface area contributed by atoms with Crippen LogP contribution in [0.25, 0.3) is 0 Å². The van der Waals surface area contributed by atoms with Gasteiger partial charge in [-0.15, -0.1) is 5.10 Å². The second-order valence-corrected chi connectivity index (χ2v) is 6.99. The molecule has 2 heterocycles. The molecule has 6 heteroatoms. The van der Waals surface area contributed by atoms with E-state index in [9.17, 15) is 4.79 Å². The van der Waals surface area contributed by atoms with Crippen LogP contribution in [0.15, 0.2) is 12.1 Å². The van der Waals surface area contributed by atoms with Crippen molar-refractivity contribution in [3.8, 4) is 0 Å². The van der Waals surface area contributed by atoms with Crippen molar-refractivity contribution >= 4 is 11.9 Å². The lowest BCUT2D eigenvalue weighted by Gasteiger charge is -2.25. The normalized spacial score (nSPS) is 18.4. The van der Waals surface area contributed by atoms with Gasteiger partial charge in [0.1, 0.15) is 5.60 Å². The highest BCUT2D eigenvalue weighted by atomic mass is 16.6.